The first kappa shape index (κ1) is 21.4. The van der Waals surface area contributed by atoms with Crippen molar-refractivity contribution in [1.29, 1.82) is 0 Å². The summed E-state index contributed by atoms with van der Waals surface area (Å²) < 4.78 is 4.81. The molecule has 5 rings (SSSR count). The van der Waals surface area contributed by atoms with E-state index in [9.17, 15) is 4.79 Å². The average molecular weight is 440 g/mol. The van der Waals surface area contributed by atoms with E-state index in [4.69, 9.17) is 9.84 Å². The van der Waals surface area contributed by atoms with Gasteiger partial charge in [-0.1, -0.05) is 54.6 Å². The van der Waals surface area contributed by atoms with E-state index in [0.29, 0.717) is 11.5 Å². The highest BCUT2D eigenvalue weighted by Crippen LogP contribution is 2.33. The van der Waals surface area contributed by atoms with Crippen LogP contribution in [0.2, 0.25) is 0 Å². The van der Waals surface area contributed by atoms with Gasteiger partial charge in [0.05, 0.1) is 18.4 Å². The van der Waals surface area contributed by atoms with Crippen molar-refractivity contribution in [3.63, 3.8) is 0 Å². The summed E-state index contributed by atoms with van der Waals surface area (Å²) in [5, 5.41) is 11.8. The normalized spacial score (nSPS) is 16.6. The molecule has 0 spiro atoms. The number of fused-ring (bicyclic) bond motifs is 1. The van der Waals surface area contributed by atoms with E-state index in [-0.39, 0.29) is 5.97 Å². The third kappa shape index (κ3) is 4.54. The zero-order valence-corrected chi connectivity index (χ0v) is 19.0. The first-order chi connectivity index (χ1) is 16.2. The van der Waals surface area contributed by atoms with Gasteiger partial charge in [-0.25, -0.2) is 4.79 Å². The number of allylic oxidation sites excluding steroid dienone is 4. The van der Waals surface area contributed by atoms with Crippen molar-refractivity contribution in [2.24, 2.45) is 0 Å². The molecule has 1 aromatic heterocycles. The van der Waals surface area contributed by atoms with Gasteiger partial charge in [0.25, 0.3) is 0 Å². The van der Waals surface area contributed by atoms with Gasteiger partial charge in [0.1, 0.15) is 0 Å². The van der Waals surface area contributed by atoms with Crippen LogP contribution >= 0.6 is 0 Å². The second-order valence-electron chi connectivity index (χ2n) is 8.83. The molecule has 5 heteroatoms. The van der Waals surface area contributed by atoms with E-state index in [1.807, 2.05) is 12.1 Å². The lowest BCUT2D eigenvalue weighted by atomic mass is 9.89. The highest BCUT2D eigenvalue weighted by atomic mass is 16.5. The fourth-order valence-electron chi connectivity index (χ4n) is 4.94. The Morgan fingerprint density at radius 2 is 1.76 bits per heavy atom. The fraction of sp³-hybridized carbons (Fsp3) is 0.321. The van der Waals surface area contributed by atoms with Crippen LogP contribution in [-0.2, 0) is 11.2 Å². The summed E-state index contributed by atoms with van der Waals surface area (Å²) in [5.74, 6) is 1.18. The number of rotatable bonds is 5. The minimum absolute atomic E-state index is 0.291. The second-order valence-corrected chi connectivity index (χ2v) is 8.83. The lowest BCUT2D eigenvalue weighted by Gasteiger charge is -2.33. The van der Waals surface area contributed by atoms with Gasteiger partial charge in [-0.3, -0.25) is 0 Å². The minimum atomic E-state index is -0.291. The molecule has 168 valence electrons. The summed E-state index contributed by atoms with van der Waals surface area (Å²) >= 11 is 0. The zero-order valence-electron chi connectivity index (χ0n) is 19.0. The molecule has 2 aromatic carbocycles. The van der Waals surface area contributed by atoms with E-state index in [2.05, 4.69) is 64.6 Å². The molecule has 0 N–H and O–H groups in total. The number of aromatic nitrogens is 2. The number of benzene rings is 2. The number of piperidine rings is 1. The van der Waals surface area contributed by atoms with Crippen molar-refractivity contribution < 1.29 is 9.53 Å². The number of anilines is 1. The Morgan fingerprint density at radius 3 is 2.45 bits per heavy atom. The molecule has 2 heterocycles. The average Bonchev–Trinajstić information content (AvgIpc) is 2.89. The van der Waals surface area contributed by atoms with Crippen LogP contribution in [0, 0.1) is 0 Å². The number of carbonyl (C=O) groups is 1. The summed E-state index contributed by atoms with van der Waals surface area (Å²) in [7, 11) is 1.41. The predicted molar refractivity (Wildman–Crippen MR) is 132 cm³/mol. The van der Waals surface area contributed by atoms with Crippen LogP contribution in [0.15, 0.2) is 72.3 Å². The maximum atomic E-state index is 11.7. The molecular formula is C28H29N3O2. The highest BCUT2D eigenvalue weighted by Gasteiger charge is 2.24. The van der Waals surface area contributed by atoms with Crippen LogP contribution in [0.5, 0.6) is 0 Å². The molecule has 1 fully saturated rings. The molecule has 0 radical (unpaired) electrons. The second kappa shape index (κ2) is 9.57. The molecule has 0 unspecified atom stereocenters. The summed E-state index contributed by atoms with van der Waals surface area (Å²) in [6.45, 7) is 1.88. The third-order valence-electron chi connectivity index (χ3n) is 6.79. The SMILES string of the molecule is COC(=O)c1ccc(C2CCN(c3nnc(CC4=CCCC=C4)c4ccccc34)CC2)cc1. The topological polar surface area (TPSA) is 55.3 Å². The molecule has 0 atom stereocenters. The molecule has 1 saturated heterocycles. The Bertz CT molecular complexity index is 1210. The van der Waals surface area contributed by atoms with Crippen LogP contribution in [0.4, 0.5) is 5.82 Å². The van der Waals surface area contributed by atoms with Crippen molar-refractivity contribution >= 4 is 22.6 Å². The standard InChI is InChI=1S/C28H29N3O2/c1-33-28(32)23-13-11-21(12-14-23)22-15-17-31(18-16-22)27-25-10-6-5-9-24(25)26(29-30-27)19-20-7-3-2-4-8-20/h3,5-14,22H,2,4,15-19H2,1H3. The van der Waals surface area contributed by atoms with Crippen LogP contribution in [-0.4, -0.2) is 36.4 Å². The molecule has 0 amide bonds. The lowest BCUT2D eigenvalue weighted by molar-refractivity contribution is 0.0600. The van der Waals surface area contributed by atoms with E-state index in [0.717, 1.165) is 56.7 Å². The van der Waals surface area contributed by atoms with Crippen molar-refractivity contribution in [2.45, 2.75) is 38.0 Å². The van der Waals surface area contributed by atoms with Gasteiger partial charge in [-0.2, -0.15) is 5.10 Å². The van der Waals surface area contributed by atoms with Crippen LogP contribution in [0.3, 0.4) is 0 Å². The maximum absolute atomic E-state index is 11.7. The predicted octanol–water partition coefficient (Wildman–Crippen LogP) is 5.62. The summed E-state index contributed by atoms with van der Waals surface area (Å²) in [6, 6.07) is 16.4. The molecule has 1 aliphatic carbocycles. The van der Waals surface area contributed by atoms with E-state index < -0.39 is 0 Å². The molecule has 0 bridgehead atoms. The van der Waals surface area contributed by atoms with Crippen molar-refractivity contribution in [2.75, 3.05) is 25.1 Å². The number of hydrogen-bond donors (Lipinski definition) is 0. The lowest BCUT2D eigenvalue weighted by Crippen LogP contribution is -2.34. The smallest absolute Gasteiger partial charge is 0.337 e. The van der Waals surface area contributed by atoms with Crippen molar-refractivity contribution in [3.8, 4) is 0 Å². The minimum Gasteiger partial charge on any atom is -0.465 e. The molecule has 2 aliphatic rings. The first-order valence-corrected chi connectivity index (χ1v) is 11.8. The number of hydrogen-bond acceptors (Lipinski definition) is 5. The Balaban J connectivity index is 1.32. The quantitative estimate of drug-likeness (QED) is 0.483. The van der Waals surface area contributed by atoms with Gasteiger partial charge in [0, 0.05) is 30.3 Å². The van der Waals surface area contributed by atoms with E-state index in [1.165, 1.54) is 29.0 Å². The number of methoxy groups -OCH3 is 1. The van der Waals surface area contributed by atoms with Gasteiger partial charge in [-0.05, 0) is 54.9 Å². The largest absolute Gasteiger partial charge is 0.465 e. The van der Waals surface area contributed by atoms with Gasteiger partial charge in [0.2, 0.25) is 0 Å². The van der Waals surface area contributed by atoms with Crippen LogP contribution in [0.25, 0.3) is 10.8 Å². The Kier molecular flexibility index (Phi) is 6.20. The third-order valence-corrected chi connectivity index (χ3v) is 6.79. The van der Waals surface area contributed by atoms with E-state index >= 15 is 0 Å². The molecule has 0 saturated carbocycles. The van der Waals surface area contributed by atoms with Crippen LogP contribution in [0.1, 0.15) is 53.2 Å². The van der Waals surface area contributed by atoms with Crippen molar-refractivity contribution in [3.05, 3.63) is 89.2 Å². The highest BCUT2D eigenvalue weighted by molar-refractivity contribution is 5.93. The van der Waals surface area contributed by atoms with Gasteiger partial charge >= 0.3 is 5.97 Å². The Morgan fingerprint density at radius 1 is 1.00 bits per heavy atom. The number of ether oxygens (including phenoxy) is 1. The molecule has 5 nitrogen and oxygen atoms in total. The molecule has 1 aliphatic heterocycles. The number of carbonyl (C=O) groups excluding carboxylic acids is 1. The number of esters is 1. The number of nitrogens with zero attached hydrogens (tertiary/aromatic N) is 3. The van der Waals surface area contributed by atoms with Crippen molar-refractivity contribution in [1.82, 2.24) is 10.2 Å². The Hall–Kier alpha value is -3.47. The maximum Gasteiger partial charge on any atom is 0.337 e. The first-order valence-electron chi connectivity index (χ1n) is 11.8. The summed E-state index contributed by atoms with van der Waals surface area (Å²) in [4.78, 5) is 14.1. The van der Waals surface area contributed by atoms with Crippen LogP contribution < -0.4 is 4.90 Å². The monoisotopic (exact) mass is 439 g/mol. The molecular weight excluding hydrogens is 410 g/mol. The van der Waals surface area contributed by atoms with Gasteiger partial charge in [-0.15, -0.1) is 5.10 Å². The molecule has 33 heavy (non-hydrogen) atoms. The van der Waals surface area contributed by atoms with Gasteiger partial charge in [0.15, 0.2) is 5.82 Å². The van der Waals surface area contributed by atoms with E-state index in [1.54, 1.807) is 0 Å². The summed E-state index contributed by atoms with van der Waals surface area (Å²) in [6.07, 6.45) is 11.9. The fourth-order valence-corrected chi connectivity index (χ4v) is 4.94. The zero-order chi connectivity index (χ0) is 22.6. The molecule has 3 aromatic rings. The Labute approximate surface area is 194 Å². The van der Waals surface area contributed by atoms with Gasteiger partial charge < -0.3 is 9.64 Å². The summed E-state index contributed by atoms with van der Waals surface area (Å²) in [5.41, 5.74) is 4.25.